The number of hydrogen-bond donors (Lipinski definition) is 2. The molecule has 11 nitrogen and oxygen atoms in total. The van der Waals surface area contributed by atoms with Gasteiger partial charge < -0.3 is 29.4 Å². The molecule has 0 aromatic heterocycles. The fourth-order valence-corrected chi connectivity index (χ4v) is 3.14. The summed E-state index contributed by atoms with van der Waals surface area (Å²) in [5.41, 5.74) is 0. The van der Waals surface area contributed by atoms with Crippen molar-refractivity contribution >= 4 is 30.5 Å². The molecule has 0 radical (unpaired) electrons. The highest BCUT2D eigenvalue weighted by molar-refractivity contribution is 5.79. The Balaban J connectivity index is 3.33. The first-order chi connectivity index (χ1) is 15.3. The predicted molar refractivity (Wildman–Crippen MR) is 113 cm³/mol. The van der Waals surface area contributed by atoms with E-state index in [1.807, 2.05) is 0 Å². The van der Waals surface area contributed by atoms with E-state index in [9.17, 15) is 24.3 Å². The Bertz CT molecular complexity index is 655. The molecule has 182 valence electrons. The molecule has 0 bridgehead atoms. The summed E-state index contributed by atoms with van der Waals surface area (Å²) in [5, 5.41) is 12.4. The van der Waals surface area contributed by atoms with Crippen LogP contribution >= 0.6 is 0 Å². The molecule has 1 fully saturated rings. The highest BCUT2D eigenvalue weighted by atomic mass is 16.7. The molecule has 0 aromatic rings. The van der Waals surface area contributed by atoms with Gasteiger partial charge in [-0.05, 0) is 26.0 Å². The van der Waals surface area contributed by atoms with Gasteiger partial charge in [-0.15, -0.1) is 0 Å². The summed E-state index contributed by atoms with van der Waals surface area (Å²) in [4.78, 5) is 52.5. The highest BCUT2D eigenvalue weighted by Crippen LogP contribution is 2.28. The topological polar surface area (TPSA) is 150 Å². The lowest BCUT2D eigenvalue weighted by molar-refractivity contribution is -0.271. The molecule has 1 saturated heterocycles. The van der Waals surface area contributed by atoms with Gasteiger partial charge >= 0.3 is 17.9 Å². The smallest absolute Gasteiger partial charge is 0.308 e. The Labute approximate surface area is 187 Å². The van der Waals surface area contributed by atoms with Crippen LogP contribution in [0.5, 0.6) is 0 Å². The minimum atomic E-state index is -1.39. The van der Waals surface area contributed by atoms with Crippen molar-refractivity contribution in [1.29, 1.82) is 0 Å². The summed E-state index contributed by atoms with van der Waals surface area (Å²) in [6.45, 7) is 7.71. The van der Waals surface area contributed by atoms with E-state index in [0.717, 1.165) is 0 Å². The Hall–Kier alpha value is -2.53. The molecule has 0 aliphatic carbocycles. The van der Waals surface area contributed by atoms with Crippen LogP contribution in [0.25, 0.3) is 0 Å². The first-order valence-electron chi connectivity index (χ1n) is 10.9. The van der Waals surface area contributed by atoms with Gasteiger partial charge in [0, 0.05) is 19.3 Å². The number of carbonyl (C=O) groups is 4. The van der Waals surface area contributed by atoms with Crippen molar-refractivity contribution in [3.05, 3.63) is 0 Å². The lowest BCUT2D eigenvalue weighted by Gasteiger charge is -2.44. The molecule has 32 heavy (non-hydrogen) atoms. The third kappa shape index (κ3) is 8.54. The first-order valence-corrected chi connectivity index (χ1v) is 10.9. The van der Waals surface area contributed by atoms with Crippen LogP contribution in [0.3, 0.4) is 0 Å². The molecule has 2 N–H and O–H groups in total. The van der Waals surface area contributed by atoms with Gasteiger partial charge in [-0.25, -0.2) is 0 Å². The summed E-state index contributed by atoms with van der Waals surface area (Å²) >= 11 is 0. The molecule has 1 amide bonds. The molecule has 0 spiro atoms. The molecule has 1 heterocycles. The molecule has 5 atom stereocenters. The minimum Gasteiger partial charge on any atom is -0.456 e. The van der Waals surface area contributed by atoms with Crippen molar-refractivity contribution in [2.24, 2.45) is 4.99 Å². The molecule has 0 aromatic carbocycles. The second-order valence-electron chi connectivity index (χ2n) is 7.35. The summed E-state index contributed by atoms with van der Waals surface area (Å²) < 4.78 is 22.1. The fourth-order valence-electron chi connectivity index (χ4n) is 3.14. The maximum absolute atomic E-state index is 12.3. The largest absolute Gasteiger partial charge is 0.456 e. The second kappa shape index (κ2) is 14.5. The van der Waals surface area contributed by atoms with Crippen LogP contribution in [0.4, 0.5) is 0 Å². The molecule has 1 aliphatic rings. The van der Waals surface area contributed by atoms with E-state index in [-0.39, 0.29) is 25.8 Å². The van der Waals surface area contributed by atoms with Crippen molar-refractivity contribution in [2.75, 3.05) is 13.2 Å². The number of rotatable bonds is 13. The van der Waals surface area contributed by atoms with E-state index in [1.165, 1.54) is 0 Å². The van der Waals surface area contributed by atoms with E-state index < -0.39 is 61.1 Å². The van der Waals surface area contributed by atoms with Crippen LogP contribution in [-0.4, -0.2) is 79.4 Å². The molecule has 1 rings (SSSR count). The number of hydrogen-bond acceptors (Lipinski definition) is 10. The SMILES string of the molecule is C=NCC(=O)N[C@H]1C(OC(=O)CCC)[C@H](OC(=O)CCC)C(CO)O[C@H]1OC(=O)CCC. The van der Waals surface area contributed by atoms with Gasteiger partial charge in [-0.3, -0.25) is 24.2 Å². The average molecular weight is 459 g/mol. The van der Waals surface area contributed by atoms with Crippen molar-refractivity contribution < 1.29 is 43.2 Å². The maximum atomic E-state index is 12.3. The van der Waals surface area contributed by atoms with E-state index >= 15 is 0 Å². The molecule has 11 heteroatoms. The summed E-state index contributed by atoms with van der Waals surface area (Å²) in [5.74, 6) is -2.39. The molecule has 1 aliphatic heterocycles. The van der Waals surface area contributed by atoms with E-state index in [1.54, 1.807) is 20.8 Å². The Morgan fingerprint density at radius 2 is 1.41 bits per heavy atom. The fraction of sp³-hybridized carbons (Fsp3) is 0.762. The monoisotopic (exact) mass is 458 g/mol. The molecule has 0 saturated carbocycles. The lowest BCUT2D eigenvalue weighted by Crippen LogP contribution is -2.67. The van der Waals surface area contributed by atoms with Crippen LogP contribution in [0, 0.1) is 0 Å². The lowest BCUT2D eigenvalue weighted by atomic mass is 9.96. The van der Waals surface area contributed by atoms with E-state index in [4.69, 9.17) is 18.9 Å². The Morgan fingerprint density at radius 1 is 0.906 bits per heavy atom. The summed E-state index contributed by atoms with van der Waals surface area (Å²) in [7, 11) is 0. The minimum absolute atomic E-state index is 0.0753. The summed E-state index contributed by atoms with van der Waals surface area (Å²) in [6.07, 6.45) is -3.26. The Kier molecular flexibility index (Phi) is 12.5. The number of aliphatic hydroxyl groups excluding tert-OH is 1. The predicted octanol–water partition coefficient (Wildman–Crippen LogP) is 0.656. The van der Waals surface area contributed by atoms with Gasteiger partial charge in [0.25, 0.3) is 0 Å². The van der Waals surface area contributed by atoms with Gasteiger partial charge in [-0.1, -0.05) is 20.8 Å². The van der Waals surface area contributed by atoms with Gasteiger partial charge in [0.15, 0.2) is 12.2 Å². The second-order valence-corrected chi connectivity index (χ2v) is 7.35. The number of ether oxygens (including phenoxy) is 4. The standard InChI is InChI=1S/C21H34N2O9/c1-5-8-15(26)30-19-13(12-24)29-21(32-17(28)10-7-3)18(23-14(25)11-22-4)20(19)31-16(27)9-6-2/h13,18-21,24H,4-12H2,1-3H3,(H,23,25)/t13?,18-,19+,20?,21-/m0/s1. The van der Waals surface area contributed by atoms with Gasteiger partial charge in [0.1, 0.15) is 18.7 Å². The van der Waals surface area contributed by atoms with Crippen LogP contribution < -0.4 is 5.32 Å². The maximum Gasteiger partial charge on any atom is 0.308 e. The number of aliphatic imine (C=N–C) groups is 1. The number of amides is 1. The van der Waals surface area contributed by atoms with Crippen molar-refractivity contribution in [3.63, 3.8) is 0 Å². The van der Waals surface area contributed by atoms with Crippen LogP contribution in [0.1, 0.15) is 59.3 Å². The number of nitrogens with one attached hydrogen (secondary N) is 1. The molecular weight excluding hydrogens is 424 g/mol. The molecule has 2 unspecified atom stereocenters. The first kappa shape index (κ1) is 27.5. The highest BCUT2D eigenvalue weighted by Gasteiger charge is 2.52. The third-order valence-corrected chi connectivity index (χ3v) is 4.55. The van der Waals surface area contributed by atoms with Crippen LogP contribution in [0.2, 0.25) is 0 Å². The van der Waals surface area contributed by atoms with Crippen molar-refractivity contribution in [1.82, 2.24) is 5.32 Å². The van der Waals surface area contributed by atoms with E-state index in [2.05, 4.69) is 17.0 Å². The number of esters is 3. The quantitative estimate of drug-likeness (QED) is 0.230. The Morgan fingerprint density at radius 3 is 1.88 bits per heavy atom. The van der Waals surface area contributed by atoms with Gasteiger partial charge in [-0.2, -0.15) is 0 Å². The van der Waals surface area contributed by atoms with Crippen LogP contribution in [0.15, 0.2) is 4.99 Å². The zero-order valence-corrected chi connectivity index (χ0v) is 18.9. The number of nitrogens with zero attached hydrogens (tertiary/aromatic N) is 1. The normalized spacial score (nSPS) is 24.8. The summed E-state index contributed by atoms with van der Waals surface area (Å²) in [6, 6.07) is -1.20. The van der Waals surface area contributed by atoms with Crippen LogP contribution in [-0.2, 0) is 38.1 Å². The molecular formula is C21H34N2O9. The number of aliphatic hydroxyl groups is 1. The zero-order valence-electron chi connectivity index (χ0n) is 18.9. The third-order valence-electron chi connectivity index (χ3n) is 4.55. The van der Waals surface area contributed by atoms with Gasteiger partial charge in [0.2, 0.25) is 12.2 Å². The van der Waals surface area contributed by atoms with Crippen molar-refractivity contribution in [3.8, 4) is 0 Å². The zero-order chi connectivity index (χ0) is 24.1. The van der Waals surface area contributed by atoms with Crippen molar-refractivity contribution in [2.45, 2.75) is 89.9 Å². The number of carbonyl (C=O) groups excluding carboxylic acids is 4. The van der Waals surface area contributed by atoms with E-state index in [0.29, 0.717) is 19.3 Å². The average Bonchev–Trinajstić information content (AvgIpc) is 2.72. The van der Waals surface area contributed by atoms with Gasteiger partial charge in [0.05, 0.1) is 6.61 Å².